The highest BCUT2D eigenvalue weighted by Gasteiger charge is 2.33. The molecule has 1 N–H and O–H groups in total. The van der Waals surface area contributed by atoms with E-state index in [1.54, 1.807) is 0 Å². The van der Waals surface area contributed by atoms with Crippen LogP contribution in [0.1, 0.15) is 52.4 Å². The van der Waals surface area contributed by atoms with Gasteiger partial charge in [0, 0.05) is 23.5 Å². The lowest BCUT2D eigenvalue weighted by Gasteiger charge is -2.24. The summed E-state index contributed by atoms with van der Waals surface area (Å²) in [5.41, 5.74) is 5.14. The Labute approximate surface area is 135 Å². The fraction of sp³-hybridized carbons (Fsp3) is 0.588. The lowest BCUT2D eigenvalue weighted by molar-refractivity contribution is 0.0714. The summed E-state index contributed by atoms with van der Waals surface area (Å²) in [5.74, 6) is 0.0911. The van der Waals surface area contributed by atoms with Crippen molar-refractivity contribution in [3.05, 3.63) is 34.4 Å². The number of aryl methyl sites for hydroxylation is 3. The van der Waals surface area contributed by atoms with Gasteiger partial charge in [0.1, 0.15) is 0 Å². The second-order valence-corrected chi connectivity index (χ2v) is 6.79. The number of carbonyl (C=O) groups excluding carboxylic acids is 1. The van der Waals surface area contributed by atoms with Gasteiger partial charge in [-0.1, -0.05) is 0 Å². The maximum atomic E-state index is 13.0. The van der Waals surface area contributed by atoms with Crippen LogP contribution in [-0.4, -0.2) is 43.4 Å². The van der Waals surface area contributed by atoms with Gasteiger partial charge in [-0.25, -0.2) is 0 Å². The van der Waals surface area contributed by atoms with Gasteiger partial charge in [-0.3, -0.25) is 14.6 Å². The summed E-state index contributed by atoms with van der Waals surface area (Å²) in [4.78, 5) is 15.0. The van der Waals surface area contributed by atoms with Gasteiger partial charge in [0.05, 0.1) is 18.3 Å². The molecule has 1 amide bonds. The van der Waals surface area contributed by atoms with Crippen molar-refractivity contribution in [1.29, 1.82) is 0 Å². The van der Waals surface area contributed by atoms with Gasteiger partial charge in [0.15, 0.2) is 5.69 Å². The van der Waals surface area contributed by atoms with Crippen LogP contribution in [0.4, 0.5) is 0 Å². The van der Waals surface area contributed by atoms with Crippen molar-refractivity contribution >= 4 is 5.91 Å². The highest BCUT2D eigenvalue weighted by molar-refractivity contribution is 5.94. The Kier molecular flexibility index (Phi) is 3.47. The maximum absolute atomic E-state index is 13.0. The van der Waals surface area contributed by atoms with Crippen molar-refractivity contribution in [1.82, 2.24) is 24.9 Å². The first-order valence-corrected chi connectivity index (χ1v) is 8.51. The zero-order valence-electron chi connectivity index (χ0n) is 13.8. The summed E-state index contributed by atoms with van der Waals surface area (Å²) in [6, 6.07) is 2.30. The molecule has 122 valence electrons. The predicted octanol–water partition coefficient (Wildman–Crippen LogP) is 2.02. The summed E-state index contributed by atoms with van der Waals surface area (Å²) >= 11 is 0. The summed E-state index contributed by atoms with van der Waals surface area (Å²) in [6.07, 6.45) is 5.21. The molecule has 1 aliphatic heterocycles. The van der Waals surface area contributed by atoms with Crippen LogP contribution in [0.2, 0.25) is 0 Å². The largest absolute Gasteiger partial charge is 0.332 e. The van der Waals surface area contributed by atoms with Crippen LogP contribution < -0.4 is 0 Å². The summed E-state index contributed by atoms with van der Waals surface area (Å²) in [6.45, 7) is 5.68. The first kappa shape index (κ1) is 14.5. The average Bonchev–Trinajstić information content (AvgIpc) is 3.24. The smallest absolute Gasteiger partial charge is 0.274 e. The molecular formula is C17H23N5O. The Balaban J connectivity index is 1.55. The van der Waals surface area contributed by atoms with Crippen molar-refractivity contribution in [3.63, 3.8) is 0 Å². The van der Waals surface area contributed by atoms with E-state index in [1.165, 1.54) is 0 Å². The van der Waals surface area contributed by atoms with Crippen LogP contribution in [0.5, 0.6) is 0 Å². The first-order chi connectivity index (χ1) is 11.1. The third kappa shape index (κ3) is 2.46. The molecule has 0 spiro atoms. The van der Waals surface area contributed by atoms with Gasteiger partial charge in [-0.05, 0) is 52.0 Å². The van der Waals surface area contributed by atoms with E-state index in [-0.39, 0.29) is 11.9 Å². The van der Waals surface area contributed by atoms with E-state index in [9.17, 15) is 4.79 Å². The quantitative estimate of drug-likeness (QED) is 0.942. The Morgan fingerprint density at radius 1 is 1.35 bits per heavy atom. The molecule has 1 fully saturated rings. The second kappa shape index (κ2) is 5.51. The molecule has 0 aromatic carbocycles. The fourth-order valence-electron chi connectivity index (χ4n) is 3.98. The average molecular weight is 313 g/mol. The van der Waals surface area contributed by atoms with Crippen LogP contribution in [0, 0.1) is 13.8 Å². The number of hydrogen-bond acceptors (Lipinski definition) is 3. The first-order valence-electron chi connectivity index (χ1n) is 8.51. The highest BCUT2D eigenvalue weighted by Crippen LogP contribution is 2.27. The molecule has 1 unspecified atom stereocenters. The lowest BCUT2D eigenvalue weighted by atomic mass is 10.1. The van der Waals surface area contributed by atoms with E-state index in [1.807, 2.05) is 16.5 Å². The molecule has 2 aliphatic rings. The number of hydrogen-bond donors (Lipinski definition) is 1. The molecule has 6 nitrogen and oxygen atoms in total. The number of amides is 1. The minimum absolute atomic E-state index is 0.0911. The van der Waals surface area contributed by atoms with E-state index in [0.29, 0.717) is 5.69 Å². The number of nitrogens with zero attached hydrogens (tertiary/aromatic N) is 4. The number of H-pyrrole nitrogens is 1. The van der Waals surface area contributed by atoms with Gasteiger partial charge in [-0.15, -0.1) is 0 Å². The van der Waals surface area contributed by atoms with Gasteiger partial charge < -0.3 is 4.90 Å². The minimum atomic E-state index is 0.0911. The minimum Gasteiger partial charge on any atom is -0.332 e. The molecule has 0 bridgehead atoms. The molecule has 0 saturated carbocycles. The molecule has 1 aliphatic carbocycles. The standard InChI is InChI=1S/C17H23N5O/c1-11-9-12(2)22(20-11)10-13-5-4-8-21(13)17(23)16-14-6-3-7-15(14)18-19-16/h9,13H,3-8,10H2,1-2H3,(H,18,19). The molecule has 3 heterocycles. The zero-order valence-corrected chi connectivity index (χ0v) is 13.8. The lowest BCUT2D eigenvalue weighted by Crippen LogP contribution is -2.39. The number of carbonyl (C=O) groups is 1. The normalized spacial score (nSPS) is 20.3. The van der Waals surface area contributed by atoms with E-state index in [0.717, 1.165) is 67.8 Å². The SMILES string of the molecule is Cc1cc(C)n(CC2CCCN2C(=O)c2n[nH]c3c2CCC3)n1. The Bertz CT molecular complexity index is 744. The highest BCUT2D eigenvalue weighted by atomic mass is 16.2. The van der Waals surface area contributed by atoms with E-state index < -0.39 is 0 Å². The number of rotatable bonds is 3. The van der Waals surface area contributed by atoms with Gasteiger partial charge in [0.25, 0.3) is 5.91 Å². The fourth-order valence-corrected chi connectivity index (χ4v) is 3.98. The van der Waals surface area contributed by atoms with Crippen molar-refractivity contribution in [3.8, 4) is 0 Å². The molecule has 2 aromatic rings. The summed E-state index contributed by atoms with van der Waals surface area (Å²) < 4.78 is 2.03. The summed E-state index contributed by atoms with van der Waals surface area (Å²) in [7, 11) is 0. The van der Waals surface area contributed by atoms with E-state index in [2.05, 4.69) is 28.3 Å². The van der Waals surface area contributed by atoms with Gasteiger partial charge in [-0.2, -0.15) is 10.2 Å². The molecule has 0 radical (unpaired) electrons. The molecule has 23 heavy (non-hydrogen) atoms. The zero-order chi connectivity index (χ0) is 16.0. The van der Waals surface area contributed by atoms with Crippen LogP contribution >= 0.6 is 0 Å². The van der Waals surface area contributed by atoms with E-state index >= 15 is 0 Å². The Morgan fingerprint density at radius 3 is 3.00 bits per heavy atom. The van der Waals surface area contributed by atoms with Crippen molar-refractivity contribution in [2.45, 2.75) is 58.5 Å². The van der Waals surface area contributed by atoms with Crippen LogP contribution in [0.15, 0.2) is 6.07 Å². The maximum Gasteiger partial charge on any atom is 0.274 e. The number of aromatic amines is 1. The van der Waals surface area contributed by atoms with E-state index in [4.69, 9.17) is 0 Å². The monoisotopic (exact) mass is 313 g/mol. The molecule has 1 atom stereocenters. The van der Waals surface area contributed by atoms with Crippen molar-refractivity contribution in [2.24, 2.45) is 0 Å². The molecule has 4 rings (SSSR count). The Hall–Kier alpha value is -2.11. The van der Waals surface area contributed by atoms with Crippen molar-refractivity contribution < 1.29 is 4.79 Å². The molecular weight excluding hydrogens is 290 g/mol. The van der Waals surface area contributed by atoms with Crippen LogP contribution in [0.3, 0.4) is 0 Å². The molecule has 6 heteroatoms. The van der Waals surface area contributed by atoms with Crippen LogP contribution in [0.25, 0.3) is 0 Å². The number of aromatic nitrogens is 4. The number of fused-ring (bicyclic) bond motifs is 1. The second-order valence-electron chi connectivity index (χ2n) is 6.79. The molecule has 1 saturated heterocycles. The topological polar surface area (TPSA) is 66.8 Å². The van der Waals surface area contributed by atoms with Gasteiger partial charge in [0.2, 0.25) is 0 Å². The van der Waals surface area contributed by atoms with Crippen LogP contribution in [-0.2, 0) is 19.4 Å². The van der Waals surface area contributed by atoms with Gasteiger partial charge >= 0.3 is 0 Å². The third-order valence-electron chi connectivity index (χ3n) is 5.13. The molecule has 2 aromatic heterocycles. The third-order valence-corrected chi connectivity index (χ3v) is 5.13. The Morgan fingerprint density at radius 2 is 2.22 bits per heavy atom. The number of likely N-dealkylation sites (tertiary alicyclic amines) is 1. The number of nitrogens with one attached hydrogen (secondary N) is 1. The predicted molar refractivity (Wildman–Crippen MR) is 86.4 cm³/mol. The van der Waals surface area contributed by atoms with Crippen molar-refractivity contribution in [2.75, 3.05) is 6.54 Å². The summed E-state index contributed by atoms with van der Waals surface area (Å²) in [5, 5.41) is 11.9.